The maximum atomic E-state index is 13.2. The van der Waals surface area contributed by atoms with Gasteiger partial charge in [0.25, 0.3) is 5.56 Å². The van der Waals surface area contributed by atoms with Crippen molar-refractivity contribution in [2.75, 3.05) is 20.3 Å². The van der Waals surface area contributed by atoms with E-state index >= 15 is 0 Å². The molecule has 2 aromatic heterocycles. The largest absolute Gasteiger partial charge is 0.497 e. The Morgan fingerprint density at radius 3 is 2.56 bits per heavy atom. The van der Waals surface area contributed by atoms with Gasteiger partial charge in [-0.1, -0.05) is 29.5 Å². The van der Waals surface area contributed by atoms with Crippen molar-refractivity contribution in [2.45, 2.75) is 13.8 Å². The summed E-state index contributed by atoms with van der Waals surface area (Å²) < 4.78 is 19.5. The number of hydrogen-bond acceptors (Lipinski definition) is 6. The second-order valence-electron chi connectivity index (χ2n) is 7.98. The molecule has 5 rings (SSSR count). The van der Waals surface area contributed by atoms with Crippen LogP contribution in [-0.2, 0) is 0 Å². The van der Waals surface area contributed by atoms with Crippen LogP contribution in [0.4, 0.5) is 0 Å². The van der Waals surface area contributed by atoms with E-state index in [0.29, 0.717) is 34.2 Å². The van der Waals surface area contributed by atoms with Gasteiger partial charge in [0.05, 0.1) is 22.7 Å². The number of aryl methyl sites for hydroxylation is 2. The van der Waals surface area contributed by atoms with E-state index in [1.807, 2.05) is 66.7 Å². The lowest BCUT2D eigenvalue weighted by Crippen LogP contribution is -2.22. The molecule has 0 N–H and O–H groups in total. The first-order chi connectivity index (χ1) is 16.5. The Balaban J connectivity index is 1.41. The predicted molar refractivity (Wildman–Crippen MR) is 136 cm³/mol. The third-order valence-electron chi connectivity index (χ3n) is 5.74. The molecule has 0 amide bonds. The number of methoxy groups -OCH3 is 1. The monoisotopic (exact) mass is 472 g/mol. The van der Waals surface area contributed by atoms with Gasteiger partial charge in [-0.05, 0) is 73.5 Å². The van der Waals surface area contributed by atoms with E-state index in [-0.39, 0.29) is 5.56 Å². The van der Waals surface area contributed by atoms with Crippen LogP contribution in [-0.4, -0.2) is 29.7 Å². The molecule has 6 nitrogen and oxygen atoms in total. The number of fused-ring (bicyclic) bond motifs is 3. The molecule has 0 aliphatic rings. The molecular weight excluding hydrogens is 448 g/mol. The Hall–Kier alpha value is -3.84. The molecule has 0 atom stereocenters. The third kappa shape index (κ3) is 4.22. The number of rotatable bonds is 7. The molecule has 0 radical (unpaired) electrons. The van der Waals surface area contributed by atoms with Crippen molar-refractivity contribution in [1.82, 2.24) is 9.38 Å². The second kappa shape index (κ2) is 9.19. The first-order valence-corrected chi connectivity index (χ1v) is 11.8. The number of aromatic nitrogens is 2. The van der Waals surface area contributed by atoms with Crippen LogP contribution in [0.1, 0.15) is 16.7 Å². The van der Waals surface area contributed by atoms with Gasteiger partial charge in [0.15, 0.2) is 4.96 Å². The van der Waals surface area contributed by atoms with Gasteiger partial charge in [-0.3, -0.25) is 4.79 Å². The summed E-state index contributed by atoms with van der Waals surface area (Å²) in [6.07, 6.45) is 1.83. The summed E-state index contributed by atoms with van der Waals surface area (Å²) in [6.45, 7) is 4.90. The van der Waals surface area contributed by atoms with Gasteiger partial charge in [0, 0.05) is 5.56 Å². The molecule has 0 saturated heterocycles. The fraction of sp³-hybridized carbons (Fsp3) is 0.185. The van der Waals surface area contributed by atoms with Crippen LogP contribution < -0.4 is 24.3 Å². The quantitative estimate of drug-likeness (QED) is 0.326. The Morgan fingerprint density at radius 1 is 0.941 bits per heavy atom. The number of hydrogen-bond donors (Lipinski definition) is 0. The zero-order chi connectivity index (χ0) is 23.7. The Labute approximate surface area is 200 Å². The van der Waals surface area contributed by atoms with Crippen molar-refractivity contribution >= 4 is 33.4 Å². The first kappa shape index (κ1) is 22.0. The summed E-state index contributed by atoms with van der Waals surface area (Å²) in [5.41, 5.74) is 4.70. The highest BCUT2D eigenvalue weighted by molar-refractivity contribution is 7.15. The topological polar surface area (TPSA) is 62.1 Å². The molecule has 0 aliphatic heterocycles. The first-order valence-electron chi connectivity index (χ1n) is 11.0. The van der Waals surface area contributed by atoms with Crippen LogP contribution in [0, 0.1) is 13.8 Å². The number of nitrogens with zero attached hydrogens (tertiary/aromatic N) is 2. The van der Waals surface area contributed by atoms with Crippen LogP contribution in [0.15, 0.2) is 65.5 Å². The van der Waals surface area contributed by atoms with Crippen LogP contribution in [0.3, 0.4) is 0 Å². The standard InChI is InChI=1S/C27H24N2O4S/c1-17-8-9-21(14-18(17)2)32-12-13-33-24-11-10-20(31-3)15-19(24)16-25-26(30)29-23-7-5-4-6-22(23)28-27(29)34-25/h4-11,14-16H,12-13H2,1-3H3. The van der Waals surface area contributed by atoms with Crippen molar-refractivity contribution < 1.29 is 14.2 Å². The molecule has 172 valence electrons. The Bertz CT molecular complexity index is 1600. The fourth-order valence-corrected chi connectivity index (χ4v) is 4.74. The highest BCUT2D eigenvalue weighted by atomic mass is 32.1. The van der Waals surface area contributed by atoms with Crippen molar-refractivity contribution in [3.8, 4) is 17.2 Å². The molecule has 0 spiro atoms. The maximum absolute atomic E-state index is 13.2. The smallest absolute Gasteiger partial charge is 0.274 e. The average molecular weight is 473 g/mol. The Morgan fingerprint density at radius 2 is 1.74 bits per heavy atom. The van der Waals surface area contributed by atoms with Gasteiger partial charge in [-0.2, -0.15) is 0 Å². The van der Waals surface area contributed by atoms with E-state index in [9.17, 15) is 4.79 Å². The number of thiazole rings is 1. The lowest BCUT2D eigenvalue weighted by atomic mass is 10.1. The van der Waals surface area contributed by atoms with Gasteiger partial charge in [-0.25, -0.2) is 9.38 Å². The number of imidazole rings is 1. The summed E-state index contributed by atoms with van der Waals surface area (Å²) in [5.74, 6) is 2.15. The van der Waals surface area contributed by atoms with Gasteiger partial charge < -0.3 is 14.2 Å². The minimum absolute atomic E-state index is 0.0967. The van der Waals surface area contributed by atoms with E-state index in [2.05, 4.69) is 18.8 Å². The average Bonchev–Trinajstić information content (AvgIpc) is 3.35. The number of benzene rings is 3. The lowest BCUT2D eigenvalue weighted by Gasteiger charge is -2.12. The summed E-state index contributed by atoms with van der Waals surface area (Å²) in [4.78, 5) is 18.4. The van der Waals surface area contributed by atoms with Gasteiger partial charge in [0.1, 0.15) is 30.5 Å². The van der Waals surface area contributed by atoms with Crippen LogP contribution in [0.5, 0.6) is 17.2 Å². The fourth-order valence-electron chi connectivity index (χ4n) is 3.77. The molecule has 2 heterocycles. The van der Waals surface area contributed by atoms with E-state index in [1.165, 1.54) is 22.5 Å². The van der Waals surface area contributed by atoms with E-state index in [0.717, 1.165) is 22.3 Å². The zero-order valence-corrected chi connectivity index (χ0v) is 20.0. The molecule has 0 aliphatic carbocycles. The minimum atomic E-state index is -0.0967. The van der Waals surface area contributed by atoms with Gasteiger partial charge in [0.2, 0.25) is 0 Å². The van der Waals surface area contributed by atoms with Gasteiger partial charge >= 0.3 is 0 Å². The summed E-state index contributed by atoms with van der Waals surface area (Å²) >= 11 is 1.36. The minimum Gasteiger partial charge on any atom is -0.497 e. The second-order valence-corrected chi connectivity index (χ2v) is 8.99. The van der Waals surface area contributed by atoms with Crippen molar-refractivity contribution in [2.24, 2.45) is 0 Å². The Kier molecular flexibility index (Phi) is 5.94. The summed E-state index contributed by atoms with van der Waals surface area (Å²) in [7, 11) is 1.61. The van der Waals surface area contributed by atoms with Crippen molar-refractivity contribution in [3.63, 3.8) is 0 Å². The van der Waals surface area contributed by atoms with E-state index in [1.54, 1.807) is 11.5 Å². The predicted octanol–water partition coefficient (Wildman–Crippen LogP) is 4.54. The van der Waals surface area contributed by atoms with E-state index in [4.69, 9.17) is 14.2 Å². The summed E-state index contributed by atoms with van der Waals surface area (Å²) in [6, 6.07) is 19.2. The highest BCUT2D eigenvalue weighted by Crippen LogP contribution is 2.25. The summed E-state index contributed by atoms with van der Waals surface area (Å²) in [5, 5.41) is 0. The molecule has 34 heavy (non-hydrogen) atoms. The SMILES string of the molecule is COc1ccc(OCCOc2ccc(C)c(C)c2)c(C=c2sc3nc4ccccc4n3c2=O)c1. The third-order valence-corrected chi connectivity index (χ3v) is 6.71. The maximum Gasteiger partial charge on any atom is 0.274 e. The molecule has 3 aromatic carbocycles. The number of ether oxygens (including phenoxy) is 3. The highest BCUT2D eigenvalue weighted by Gasteiger charge is 2.12. The van der Waals surface area contributed by atoms with Crippen LogP contribution in [0.25, 0.3) is 22.1 Å². The van der Waals surface area contributed by atoms with Crippen molar-refractivity contribution in [1.29, 1.82) is 0 Å². The lowest BCUT2D eigenvalue weighted by molar-refractivity contribution is 0.216. The van der Waals surface area contributed by atoms with E-state index < -0.39 is 0 Å². The molecule has 0 bridgehead atoms. The van der Waals surface area contributed by atoms with Crippen LogP contribution >= 0.6 is 11.3 Å². The van der Waals surface area contributed by atoms with Gasteiger partial charge in [-0.15, -0.1) is 0 Å². The van der Waals surface area contributed by atoms with Crippen LogP contribution in [0.2, 0.25) is 0 Å². The molecule has 0 unspecified atom stereocenters. The molecular formula is C27H24N2O4S. The number of para-hydroxylation sites is 2. The molecule has 0 fully saturated rings. The molecule has 0 saturated carbocycles. The molecule has 7 heteroatoms. The molecule has 5 aromatic rings. The van der Waals surface area contributed by atoms with Crippen molar-refractivity contribution in [3.05, 3.63) is 92.2 Å². The zero-order valence-electron chi connectivity index (χ0n) is 19.2. The normalized spacial score (nSPS) is 11.9.